The first-order valence-corrected chi connectivity index (χ1v) is 11.1. The van der Waals surface area contributed by atoms with Crippen LogP contribution in [-0.2, 0) is 23.8 Å². The van der Waals surface area contributed by atoms with Gasteiger partial charge in [0.2, 0.25) is 5.91 Å². The number of hydrogen-bond acceptors (Lipinski definition) is 7. The van der Waals surface area contributed by atoms with Crippen molar-refractivity contribution in [2.45, 2.75) is 18.8 Å². The second-order valence-electron chi connectivity index (χ2n) is 7.81. The molecule has 35 heavy (non-hydrogen) atoms. The zero-order chi connectivity index (χ0) is 24.9. The molecule has 0 spiro atoms. The molecule has 0 radical (unpaired) electrons. The predicted octanol–water partition coefficient (Wildman–Crippen LogP) is 3.27. The molecule has 10 nitrogen and oxygen atoms in total. The van der Waals surface area contributed by atoms with E-state index in [0.29, 0.717) is 24.6 Å². The fraction of sp³-hybridized carbons (Fsp3) is 0.348. The number of nitrogens with one attached hydrogen (secondary N) is 1. The molecular formula is C23H23ClFN3O7. The summed E-state index contributed by atoms with van der Waals surface area (Å²) < 4.78 is 35.6. The van der Waals surface area contributed by atoms with E-state index in [4.69, 9.17) is 30.2 Å². The third-order valence-electron chi connectivity index (χ3n) is 5.54. The summed E-state index contributed by atoms with van der Waals surface area (Å²) in [5.74, 6) is -1.06. The Balaban J connectivity index is 1.39. The molecule has 4 rings (SSSR count). The van der Waals surface area contributed by atoms with Gasteiger partial charge in [0, 0.05) is 31.8 Å². The maximum Gasteiger partial charge on any atom is 0.413 e. The standard InChI is InChI=1S/C23H23ClFN3O7/c1-32-16-11-22(28(12-16)20(29)7-4-15-3-6-19(24)34-15)35-23(31)26-18-5-2-14(10-17(18)25)27-8-9-33-13-21(27)30/h2-7,10,16,22H,8-9,11-13H2,1H3,(H,26,31)/b7-4+/t16-,22-/m1/s1. The average molecular weight is 508 g/mol. The molecule has 1 aromatic heterocycles. The number of benzene rings is 1. The SMILES string of the molecule is CO[C@@H]1C[C@@H](OC(=O)Nc2ccc(N3CCOCC3=O)cc2F)N(C(=O)/C=C/c2ccc(Cl)o2)C1. The van der Waals surface area contributed by atoms with Crippen LogP contribution in [0, 0.1) is 5.82 Å². The van der Waals surface area contributed by atoms with Crippen molar-refractivity contribution in [1.29, 1.82) is 0 Å². The van der Waals surface area contributed by atoms with Gasteiger partial charge in [-0.25, -0.2) is 9.18 Å². The van der Waals surface area contributed by atoms with E-state index in [0.717, 1.165) is 6.07 Å². The van der Waals surface area contributed by atoms with E-state index >= 15 is 0 Å². The fourth-order valence-corrected chi connectivity index (χ4v) is 3.92. The van der Waals surface area contributed by atoms with Gasteiger partial charge in [-0.3, -0.25) is 14.9 Å². The van der Waals surface area contributed by atoms with Crippen molar-refractivity contribution in [3.8, 4) is 0 Å². The summed E-state index contributed by atoms with van der Waals surface area (Å²) in [6, 6.07) is 7.14. The van der Waals surface area contributed by atoms with Crippen molar-refractivity contribution in [3.05, 3.63) is 53.2 Å². The Hall–Kier alpha value is -3.41. The zero-order valence-corrected chi connectivity index (χ0v) is 19.5. The van der Waals surface area contributed by atoms with Gasteiger partial charge in [0.15, 0.2) is 11.4 Å². The van der Waals surface area contributed by atoms with Crippen LogP contribution in [0.2, 0.25) is 5.22 Å². The molecule has 3 heterocycles. The molecule has 2 fully saturated rings. The van der Waals surface area contributed by atoms with Gasteiger partial charge in [-0.15, -0.1) is 0 Å². The Labute approximate surface area is 205 Å². The minimum absolute atomic E-state index is 0.0720. The summed E-state index contributed by atoms with van der Waals surface area (Å²) in [6.45, 7) is 0.786. The number of carbonyl (C=O) groups is 3. The van der Waals surface area contributed by atoms with E-state index in [1.54, 1.807) is 12.1 Å². The molecule has 1 N–H and O–H groups in total. The molecule has 2 aliphatic rings. The number of likely N-dealkylation sites (tertiary alicyclic amines) is 1. The second kappa shape index (κ2) is 10.9. The molecule has 0 unspecified atom stereocenters. The molecule has 0 saturated carbocycles. The first kappa shape index (κ1) is 24.7. The first-order chi connectivity index (χ1) is 16.8. The van der Waals surface area contributed by atoms with E-state index in [2.05, 4.69) is 5.32 Å². The van der Waals surface area contributed by atoms with Gasteiger partial charge in [-0.1, -0.05) is 0 Å². The summed E-state index contributed by atoms with van der Waals surface area (Å²) in [5.41, 5.74) is 0.225. The number of morpholine rings is 1. The molecule has 186 valence electrons. The van der Waals surface area contributed by atoms with Crippen LogP contribution in [0.1, 0.15) is 12.2 Å². The van der Waals surface area contributed by atoms with Crippen molar-refractivity contribution in [3.63, 3.8) is 0 Å². The van der Waals surface area contributed by atoms with Crippen molar-refractivity contribution in [2.24, 2.45) is 0 Å². The number of ether oxygens (including phenoxy) is 3. The fourth-order valence-electron chi connectivity index (χ4n) is 3.77. The lowest BCUT2D eigenvalue weighted by Crippen LogP contribution is -2.41. The summed E-state index contributed by atoms with van der Waals surface area (Å²) in [5, 5.41) is 2.53. The number of carbonyl (C=O) groups excluding carboxylic acids is 3. The maximum absolute atomic E-state index is 14.6. The summed E-state index contributed by atoms with van der Waals surface area (Å²) in [4.78, 5) is 39.9. The number of methoxy groups -OCH3 is 1. The molecule has 2 aliphatic heterocycles. The smallest absolute Gasteiger partial charge is 0.413 e. The minimum Gasteiger partial charge on any atom is -0.445 e. The lowest BCUT2D eigenvalue weighted by Gasteiger charge is -2.27. The number of nitrogens with zero attached hydrogens (tertiary/aromatic N) is 2. The highest BCUT2D eigenvalue weighted by Gasteiger charge is 2.37. The third-order valence-corrected chi connectivity index (χ3v) is 5.75. The number of rotatable bonds is 6. The van der Waals surface area contributed by atoms with Crippen molar-refractivity contribution in [1.82, 2.24) is 4.90 Å². The van der Waals surface area contributed by atoms with Crippen molar-refractivity contribution < 1.29 is 37.4 Å². The van der Waals surface area contributed by atoms with Crippen LogP contribution >= 0.6 is 11.6 Å². The zero-order valence-electron chi connectivity index (χ0n) is 18.7. The van der Waals surface area contributed by atoms with E-state index in [1.165, 1.54) is 41.2 Å². The molecular weight excluding hydrogens is 485 g/mol. The topological polar surface area (TPSA) is 111 Å². The van der Waals surface area contributed by atoms with Gasteiger partial charge in [0.05, 0.1) is 24.9 Å². The summed E-state index contributed by atoms with van der Waals surface area (Å²) >= 11 is 5.73. The Morgan fingerprint density at radius 3 is 2.80 bits per heavy atom. The Morgan fingerprint density at radius 2 is 2.11 bits per heavy atom. The van der Waals surface area contributed by atoms with Gasteiger partial charge in [0.25, 0.3) is 5.91 Å². The number of halogens is 2. The van der Waals surface area contributed by atoms with Crippen LogP contribution in [0.3, 0.4) is 0 Å². The Bertz CT molecular complexity index is 1140. The number of amides is 3. The van der Waals surface area contributed by atoms with Gasteiger partial charge in [-0.2, -0.15) is 0 Å². The summed E-state index contributed by atoms with van der Waals surface area (Å²) in [6.07, 6.45) is 0.752. The highest BCUT2D eigenvalue weighted by molar-refractivity contribution is 6.28. The molecule has 3 amide bonds. The molecule has 12 heteroatoms. The van der Waals surface area contributed by atoms with Crippen LogP contribution in [0.25, 0.3) is 6.08 Å². The quantitative estimate of drug-likeness (QED) is 0.597. The molecule has 0 bridgehead atoms. The van der Waals surface area contributed by atoms with Crippen molar-refractivity contribution in [2.75, 3.05) is 43.6 Å². The molecule has 2 aromatic rings. The lowest BCUT2D eigenvalue weighted by atomic mass is 10.2. The normalized spacial score (nSPS) is 20.5. The molecule has 2 saturated heterocycles. The Kier molecular flexibility index (Phi) is 7.69. The third kappa shape index (κ3) is 5.99. The Morgan fingerprint density at radius 1 is 1.29 bits per heavy atom. The van der Waals surface area contributed by atoms with E-state index in [-0.39, 0.29) is 42.5 Å². The predicted molar refractivity (Wildman–Crippen MR) is 123 cm³/mol. The van der Waals surface area contributed by atoms with Crippen molar-refractivity contribution >= 4 is 47.0 Å². The van der Waals surface area contributed by atoms with E-state index < -0.39 is 24.0 Å². The van der Waals surface area contributed by atoms with Crippen LogP contribution in [-0.4, -0.2) is 68.6 Å². The lowest BCUT2D eigenvalue weighted by molar-refractivity contribution is -0.132. The minimum atomic E-state index is -0.944. The van der Waals surface area contributed by atoms with Gasteiger partial charge in [-0.05, 0) is 48.0 Å². The molecule has 0 aliphatic carbocycles. The first-order valence-electron chi connectivity index (χ1n) is 10.8. The van der Waals surface area contributed by atoms with Crippen LogP contribution in [0.4, 0.5) is 20.6 Å². The number of anilines is 2. The van der Waals surface area contributed by atoms with Crippen LogP contribution in [0.15, 0.2) is 40.8 Å². The molecule has 2 atom stereocenters. The molecule has 1 aromatic carbocycles. The van der Waals surface area contributed by atoms with Gasteiger partial charge < -0.3 is 28.4 Å². The van der Waals surface area contributed by atoms with Gasteiger partial charge in [0.1, 0.15) is 18.2 Å². The highest BCUT2D eigenvalue weighted by Crippen LogP contribution is 2.26. The van der Waals surface area contributed by atoms with Crippen LogP contribution in [0.5, 0.6) is 0 Å². The second-order valence-corrected chi connectivity index (χ2v) is 8.18. The van der Waals surface area contributed by atoms with Gasteiger partial charge >= 0.3 is 6.09 Å². The number of hydrogen-bond donors (Lipinski definition) is 1. The average Bonchev–Trinajstić information content (AvgIpc) is 3.45. The monoisotopic (exact) mass is 507 g/mol. The largest absolute Gasteiger partial charge is 0.445 e. The maximum atomic E-state index is 14.6. The van der Waals surface area contributed by atoms with E-state index in [9.17, 15) is 18.8 Å². The number of furan rings is 1. The summed E-state index contributed by atoms with van der Waals surface area (Å²) in [7, 11) is 1.49. The highest BCUT2D eigenvalue weighted by atomic mass is 35.5. The van der Waals surface area contributed by atoms with E-state index in [1.807, 2.05) is 0 Å². The van der Waals surface area contributed by atoms with Crippen LogP contribution < -0.4 is 10.2 Å².